The Kier molecular flexibility index (Phi) is 9.34. The predicted octanol–water partition coefficient (Wildman–Crippen LogP) is 2.38. The molecule has 3 heterocycles. The molecule has 2 fully saturated rings. The van der Waals surface area contributed by atoms with Crippen molar-refractivity contribution in [1.82, 2.24) is 19.6 Å². The van der Waals surface area contributed by atoms with Crippen LogP contribution in [0.3, 0.4) is 0 Å². The molecule has 1 aromatic rings. The number of anilines is 1. The molecule has 7 nitrogen and oxygen atoms in total. The highest BCUT2D eigenvalue weighted by Crippen LogP contribution is 2.19. The highest BCUT2D eigenvalue weighted by molar-refractivity contribution is 14.0. The molecule has 1 N–H and O–H groups in total. The Morgan fingerprint density at radius 3 is 2.69 bits per heavy atom. The number of aryl methyl sites for hydroxylation is 1. The zero-order valence-corrected chi connectivity index (χ0v) is 19.0. The lowest BCUT2D eigenvalue weighted by molar-refractivity contribution is 0.0223. The number of nitrogens with zero attached hydrogens (tertiary/aromatic N) is 5. The van der Waals surface area contributed by atoms with Gasteiger partial charge in [0.05, 0.1) is 12.6 Å². The fraction of sp³-hybridized carbons (Fsp3) is 0.824. The normalized spacial score (nSPS) is 21.5. The van der Waals surface area contributed by atoms with Gasteiger partial charge in [0.1, 0.15) is 5.82 Å². The summed E-state index contributed by atoms with van der Waals surface area (Å²) in [7, 11) is 0. The van der Waals surface area contributed by atoms with E-state index in [4.69, 9.17) is 9.73 Å². The van der Waals surface area contributed by atoms with Crippen LogP contribution >= 0.6 is 35.5 Å². The second-order valence-corrected chi connectivity index (χ2v) is 7.23. The third kappa shape index (κ3) is 5.91. The van der Waals surface area contributed by atoms with Gasteiger partial charge in [-0.25, -0.2) is 4.98 Å². The van der Waals surface area contributed by atoms with Crippen molar-refractivity contribution in [3.05, 3.63) is 5.82 Å². The highest BCUT2D eigenvalue weighted by atomic mass is 127. The van der Waals surface area contributed by atoms with Crippen molar-refractivity contribution in [3.8, 4) is 0 Å². The van der Waals surface area contributed by atoms with Crippen LogP contribution in [-0.2, 0) is 11.2 Å². The molecular formula is C17H31IN6OS. The van der Waals surface area contributed by atoms with E-state index in [1.807, 2.05) is 0 Å². The van der Waals surface area contributed by atoms with Gasteiger partial charge in [0.15, 0.2) is 5.96 Å². The Balaban J connectivity index is 0.00000243. The Labute approximate surface area is 177 Å². The minimum absolute atomic E-state index is 0. The number of nitrogens with one attached hydrogen (secondary N) is 1. The number of guanidine groups is 1. The van der Waals surface area contributed by atoms with Crippen LogP contribution in [0.1, 0.15) is 38.9 Å². The molecule has 0 radical (unpaired) electrons. The van der Waals surface area contributed by atoms with Crippen LogP contribution < -0.4 is 10.2 Å². The maximum atomic E-state index is 5.81. The van der Waals surface area contributed by atoms with E-state index in [0.717, 1.165) is 75.6 Å². The highest BCUT2D eigenvalue weighted by Gasteiger charge is 2.22. The molecule has 1 atom stereocenters. The van der Waals surface area contributed by atoms with Crippen LogP contribution in [0.2, 0.25) is 0 Å². The monoisotopic (exact) mass is 494 g/mol. The van der Waals surface area contributed by atoms with Crippen LogP contribution in [0, 0.1) is 0 Å². The van der Waals surface area contributed by atoms with E-state index in [2.05, 4.69) is 38.3 Å². The molecule has 0 bridgehead atoms. The van der Waals surface area contributed by atoms with Gasteiger partial charge < -0.3 is 19.9 Å². The van der Waals surface area contributed by atoms with E-state index in [9.17, 15) is 0 Å². The van der Waals surface area contributed by atoms with E-state index >= 15 is 0 Å². The molecule has 9 heteroatoms. The lowest BCUT2D eigenvalue weighted by Gasteiger charge is -2.36. The number of ether oxygens (including phenoxy) is 1. The molecular weight excluding hydrogens is 463 g/mol. The van der Waals surface area contributed by atoms with E-state index in [1.54, 1.807) is 0 Å². The molecule has 3 rings (SSSR count). The van der Waals surface area contributed by atoms with Crippen molar-refractivity contribution in [1.29, 1.82) is 0 Å². The second-order valence-electron chi connectivity index (χ2n) is 6.50. The fourth-order valence-corrected chi connectivity index (χ4v) is 3.99. The van der Waals surface area contributed by atoms with Gasteiger partial charge in [0.25, 0.3) is 0 Å². The van der Waals surface area contributed by atoms with Crippen molar-refractivity contribution in [3.63, 3.8) is 0 Å². The Hall–Kier alpha value is -0.680. The smallest absolute Gasteiger partial charge is 0.205 e. The first kappa shape index (κ1) is 21.6. The summed E-state index contributed by atoms with van der Waals surface area (Å²) < 4.78 is 10.2. The first-order valence-electron chi connectivity index (χ1n) is 9.52. The summed E-state index contributed by atoms with van der Waals surface area (Å²) in [6.07, 6.45) is 4.77. The third-order valence-corrected chi connectivity index (χ3v) is 5.49. The van der Waals surface area contributed by atoms with Crippen molar-refractivity contribution in [2.24, 2.45) is 4.99 Å². The van der Waals surface area contributed by atoms with E-state index in [0.29, 0.717) is 0 Å². The van der Waals surface area contributed by atoms with Gasteiger partial charge in [-0.15, -0.1) is 24.0 Å². The largest absolute Gasteiger partial charge is 0.376 e. The Morgan fingerprint density at radius 2 is 2.08 bits per heavy atom. The van der Waals surface area contributed by atoms with Gasteiger partial charge in [-0.2, -0.15) is 4.37 Å². The Bertz CT molecular complexity index is 555. The van der Waals surface area contributed by atoms with Gasteiger partial charge in [0.2, 0.25) is 5.13 Å². The van der Waals surface area contributed by atoms with Gasteiger partial charge in [-0.1, -0.05) is 6.92 Å². The molecule has 2 aliphatic rings. The quantitative estimate of drug-likeness (QED) is 0.385. The summed E-state index contributed by atoms with van der Waals surface area (Å²) in [6, 6.07) is 0. The molecule has 1 unspecified atom stereocenters. The van der Waals surface area contributed by atoms with Crippen LogP contribution in [0.5, 0.6) is 0 Å². The average Bonchev–Trinajstić information content (AvgIpc) is 3.15. The van der Waals surface area contributed by atoms with Crippen molar-refractivity contribution in [2.45, 2.75) is 45.6 Å². The molecule has 0 aromatic carbocycles. The van der Waals surface area contributed by atoms with Gasteiger partial charge in [-0.05, 0) is 26.2 Å². The second kappa shape index (κ2) is 11.2. The number of aliphatic imine (C=N–C) groups is 1. The van der Waals surface area contributed by atoms with Crippen LogP contribution in [-0.4, -0.2) is 72.2 Å². The van der Waals surface area contributed by atoms with Crippen molar-refractivity contribution < 1.29 is 4.74 Å². The molecule has 2 aliphatic heterocycles. The molecule has 1 aromatic heterocycles. The van der Waals surface area contributed by atoms with Crippen LogP contribution in [0.4, 0.5) is 5.13 Å². The molecule has 0 aliphatic carbocycles. The van der Waals surface area contributed by atoms with Gasteiger partial charge >= 0.3 is 0 Å². The number of piperazine rings is 1. The minimum atomic E-state index is 0. The first-order chi connectivity index (χ1) is 12.3. The number of aromatic nitrogens is 2. The molecule has 0 amide bonds. The van der Waals surface area contributed by atoms with E-state index in [1.165, 1.54) is 24.4 Å². The number of rotatable bonds is 5. The zero-order chi connectivity index (χ0) is 17.5. The van der Waals surface area contributed by atoms with Crippen LogP contribution in [0.25, 0.3) is 0 Å². The fourth-order valence-electron chi connectivity index (χ4n) is 3.19. The molecule has 2 saturated heterocycles. The summed E-state index contributed by atoms with van der Waals surface area (Å²) in [6.45, 7) is 10.6. The van der Waals surface area contributed by atoms with Gasteiger partial charge in [-0.3, -0.25) is 4.99 Å². The topological polar surface area (TPSA) is 65.9 Å². The van der Waals surface area contributed by atoms with E-state index in [-0.39, 0.29) is 30.1 Å². The molecule has 0 saturated carbocycles. The summed E-state index contributed by atoms with van der Waals surface area (Å²) in [5.41, 5.74) is 0. The number of hydrogen-bond donors (Lipinski definition) is 1. The SMILES string of the molecule is CCNC(=NCC1CCCCO1)N1CCN(c2nc(CC)ns2)CC1.I. The molecule has 0 spiro atoms. The first-order valence-corrected chi connectivity index (χ1v) is 10.3. The molecule has 148 valence electrons. The third-order valence-electron chi connectivity index (χ3n) is 4.68. The minimum Gasteiger partial charge on any atom is -0.376 e. The molecule has 26 heavy (non-hydrogen) atoms. The number of halogens is 1. The van der Waals surface area contributed by atoms with Gasteiger partial charge in [0, 0.05) is 57.3 Å². The summed E-state index contributed by atoms with van der Waals surface area (Å²) in [4.78, 5) is 14.1. The average molecular weight is 494 g/mol. The predicted molar refractivity (Wildman–Crippen MR) is 118 cm³/mol. The Morgan fingerprint density at radius 1 is 1.27 bits per heavy atom. The lowest BCUT2D eigenvalue weighted by atomic mass is 10.1. The van der Waals surface area contributed by atoms with Crippen molar-refractivity contribution >= 4 is 46.6 Å². The maximum Gasteiger partial charge on any atom is 0.205 e. The lowest BCUT2D eigenvalue weighted by Crippen LogP contribution is -2.52. The summed E-state index contributed by atoms with van der Waals surface area (Å²) in [5, 5.41) is 4.49. The zero-order valence-electron chi connectivity index (χ0n) is 15.8. The number of hydrogen-bond acceptors (Lipinski definition) is 6. The standard InChI is InChI=1S/C17H30N6OS.HI/c1-3-15-20-17(25-21-15)23-10-8-22(9-11-23)16(18-4-2)19-13-14-7-5-6-12-24-14;/h14H,3-13H2,1-2H3,(H,18,19);1H. The summed E-state index contributed by atoms with van der Waals surface area (Å²) in [5.74, 6) is 1.97. The van der Waals surface area contributed by atoms with E-state index < -0.39 is 0 Å². The van der Waals surface area contributed by atoms with Crippen LogP contribution in [0.15, 0.2) is 4.99 Å². The summed E-state index contributed by atoms with van der Waals surface area (Å²) >= 11 is 1.51. The maximum absolute atomic E-state index is 5.81. The van der Waals surface area contributed by atoms with Crippen molar-refractivity contribution in [2.75, 3.05) is 50.8 Å².